The molecule has 0 spiro atoms. The van der Waals surface area contributed by atoms with Crippen LogP contribution in [0.1, 0.15) is 16.7 Å². The van der Waals surface area contributed by atoms with E-state index >= 15 is 0 Å². The Morgan fingerprint density at radius 3 is 2.38 bits per heavy atom. The molecule has 0 saturated heterocycles. The van der Waals surface area contributed by atoms with Crippen molar-refractivity contribution in [1.82, 2.24) is 4.98 Å². The first-order valence-electron chi connectivity index (χ1n) is 8.06. The van der Waals surface area contributed by atoms with Gasteiger partial charge in [-0.15, -0.1) is 0 Å². The van der Waals surface area contributed by atoms with Crippen LogP contribution in [0.2, 0.25) is 0 Å². The highest BCUT2D eigenvalue weighted by Gasteiger charge is 2.15. The lowest BCUT2D eigenvalue weighted by Gasteiger charge is -2.12. The minimum absolute atomic E-state index is 0.227. The molecule has 26 heavy (non-hydrogen) atoms. The van der Waals surface area contributed by atoms with Crippen molar-refractivity contribution in [2.75, 3.05) is 12.8 Å². The minimum atomic E-state index is 0.227. The molecule has 0 amide bonds. The third kappa shape index (κ3) is 3.29. The van der Waals surface area contributed by atoms with E-state index in [1.54, 1.807) is 7.11 Å². The lowest BCUT2D eigenvalue weighted by atomic mass is 9.97. The molecule has 0 unspecified atom stereocenters. The van der Waals surface area contributed by atoms with E-state index in [1.807, 2.05) is 30.3 Å². The second-order valence-corrected chi connectivity index (χ2v) is 6.93. The summed E-state index contributed by atoms with van der Waals surface area (Å²) in [6, 6.07) is 15.9. The minimum Gasteiger partial charge on any atom is -0.496 e. The first kappa shape index (κ1) is 18.0. The standard InChI is InChI=1S/C21H18BrN3O/c1-12-4-5-15(8-13(12)2)19-10-16(17(11-23)21(24)25-19)14-6-7-20(26-3)18(22)9-14/h4-10H,1-3H3,(H2,24,25). The van der Waals surface area contributed by atoms with Gasteiger partial charge in [-0.25, -0.2) is 4.98 Å². The molecule has 0 aliphatic heterocycles. The summed E-state index contributed by atoms with van der Waals surface area (Å²) in [4.78, 5) is 4.45. The average Bonchev–Trinajstić information content (AvgIpc) is 2.63. The molecule has 4 nitrogen and oxygen atoms in total. The Balaban J connectivity index is 2.21. The highest BCUT2D eigenvalue weighted by molar-refractivity contribution is 9.10. The number of nitrogens with two attached hydrogens (primary N) is 1. The van der Waals surface area contributed by atoms with E-state index in [4.69, 9.17) is 10.5 Å². The fraction of sp³-hybridized carbons (Fsp3) is 0.143. The summed E-state index contributed by atoms with van der Waals surface area (Å²) in [5.74, 6) is 0.953. The number of rotatable bonds is 3. The molecule has 1 aromatic heterocycles. The summed E-state index contributed by atoms with van der Waals surface area (Å²) in [5.41, 5.74) is 12.2. The fourth-order valence-corrected chi connectivity index (χ4v) is 3.33. The van der Waals surface area contributed by atoms with Gasteiger partial charge in [0, 0.05) is 11.1 Å². The lowest BCUT2D eigenvalue weighted by Crippen LogP contribution is -2.00. The molecule has 3 rings (SSSR count). The summed E-state index contributed by atoms with van der Waals surface area (Å²) in [7, 11) is 1.61. The van der Waals surface area contributed by atoms with E-state index in [9.17, 15) is 5.26 Å². The van der Waals surface area contributed by atoms with Gasteiger partial charge in [-0.2, -0.15) is 5.26 Å². The first-order chi connectivity index (χ1) is 12.4. The van der Waals surface area contributed by atoms with Crippen LogP contribution in [0, 0.1) is 25.2 Å². The number of hydrogen-bond acceptors (Lipinski definition) is 4. The Hall–Kier alpha value is -2.84. The van der Waals surface area contributed by atoms with Crippen LogP contribution in [-0.4, -0.2) is 12.1 Å². The molecule has 1 heterocycles. The molecule has 0 bridgehead atoms. The van der Waals surface area contributed by atoms with Gasteiger partial charge in [-0.3, -0.25) is 0 Å². The number of pyridine rings is 1. The number of nitrogen functional groups attached to an aromatic ring is 1. The van der Waals surface area contributed by atoms with Gasteiger partial charge < -0.3 is 10.5 Å². The van der Waals surface area contributed by atoms with Gasteiger partial charge in [0.1, 0.15) is 23.2 Å². The normalized spacial score (nSPS) is 10.4. The van der Waals surface area contributed by atoms with Crippen molar-refractivity contribution in [3.05, 3.63) is 63.6 Å². The molecule has 0 atom stereocenters. The first-order valence-corrected chi connectivity index (χ1v) is 8.86. The van der Waals surface area contributed by atoms with Crippen molar-refractivity contribution in [3.63, 3.8) is 0 Å². The maximum atomic E-state index is 9.57. The van der Waals surface area contributed by atoms with Crippen molar-refractivity contribution in [1.29, 1.82) is 5.26 Å². The molecule has 0 saturated carbocycles. The summed E-state index contributed by atoms with van der Waals surface area (Å²) >= 11 is 3.50. The highest BCUT2D eigenvalue weighted by atomic mass is 79.9. The largest absolute Gasteiger partial charge is 0.496 e. The third-order valence-corrected chi connectivity index (χ3v) is 5.04. The molecule has 5 heteroatoms. The summed E-state index contributed by atoms with van der Waals surface area (Å²) in [6.45, 7) is 4.13. The molecule has 0 fully saturated rings. The number of benzene rings is 2. The van der Waals surface area contributed by atoms with Crippen LogP contribution >= 0.6 is 15.9 Å². The van der Waals surface area contributed by atoms with Gasteiger partial charge >= 0.3 is 0 Å². The predicted molar refractivity (Wildman–Crippen MR) is 108 cm³/mol. The summed E-state index contributed by atoms with van der Waals surface area (Å²) in [5, 5.41) is 9.57. The second-order valence-electron chi connectivity index (χ2n) is 6.08. The van der Waals surface area contributed by atoms with Crippen LogP contribution in [0.15, 0.2) is 46.9 Å². The van der Waals surface area contributed by atoms with Crippen LogP contribution in [0.4, 0.5) is 5.82 Å². The van der Waals surface area contributed by atoms with Gasteiger partial charge in [-0.05, 0) is 70.7 Å². The molecular formula is C21H18BrN3O. The topological polar surface area (TPSA) is 71.9 Å². The van der Waals surface area contributed by atoms with Gasteiger partial charge in [0.15, 0.2) is 0 Å². The Kier molecular flexibility index (Phi) is 4.97. The molecule has 0 aliphatic carbocycles. The van der Waals surface area contributed by atoms with E-state index < -0.39 is 0 Å². The average molecular weight is 408 g/mol. The second kappa shape index (κ2) is 7.19. The van der Waals surface area contributed by atoms with Crippen molar-refractivity contribution >= 4 is 21.7 Å². The van der Waals surface area contributed by atoms with Crippen LogP contribution < -0.4 is 10.5 Å². The quantitative estimate of drug-likeness (QED) is 0.642. The smallest absolute Gasteiger partial charge is 0.142 e. The number of anilines is 1. The Morgan fingerprint density at radius 1 is 1.04 bits per heavy atom. The van der Waals surface area contributed by atoms with Crippen molar-refractivity contribution in [2.24, 2.45) is 0 Å². The van der Waals surface area contributed by atoms with E-state index in [1.165, 1.54) is 11.1 Å². The number of aryl methyl sites for hydroxylation is 2. The number of halogens is 1. The third-order valence-electron chi connectivity index (χ3n) is 4.42. The zero-order chi connectivity index (χ0) is 18.8. The maximum absolute atomic E-state index is 9.57. The lowest BCUT2D eigenvalue weighted by molar-refractivity contribution is 0.412. The molecular weight excluding hydrogens is 390 g/mol. The Bertz CT molecular complexity index is 1040. The van der Waals surface area contributed by atoms with Crippen LogP contribution in [0.3, 0.4) is 0 Å². The molecule has 130 valence electrons. The van der Waals surface area contributed by atoms with Crippen LogP contribution in [0.25, 0.3) is 22.4 Å². The Labute approximate surface area is 161 Å². The maximum Gasteiger partial charge on any atom is 0.142 e. The Morgan fingerprint density at radius 2 is 1.77 bits per heavy atom. The van der Waals surface area contributed by atoms with Gasteiger partial charge in [0.2, 0.25) is 0 Å². The predicted octanol–water partition coefficient (Wildman–Crippen LogP) is 5.26. The van der Waals surface area contributed by atoms with Gasteiger partial charge in [-0.1, -0.05) is 18.2 Å². The van der Waals surface area contributed by atoms with Crippen molar-refractivity contribution in [2.45, 2.75) is 13.8 Å². The molecule has 2 N–H and O–H groups in total. The molecule has 3 aromatic rings. The number of hydrogen-bond donors (Lipinski definition) is 1. The number of nitriles is 1. The van der Waals surface area contributed by atoms with Crippen molar-refractivity contribution < 1.29 is 4.74 Å². The molecule has 0 radical (unpaired) electrons. The van der Waals surface area contributed by atoms with Gasteiger partial charge in [0.25, 0.3) is 0 Å². The molecule has 2 aromatic carbocycles. The van der Waals surface area contributed by atoms with Crippen molar-refractivity contribution in [3.8, 4) is 34.2 Å². The SMILES string of the molecule is COc1ccc(-c2cc(-c3ccc(C)c(C)c3)nc(N)c2C#N)cc1Br. The monoisotopic (exact) mass is 407 g/mol. The zero-order valence-electron chi connectivity index (χ0n) is 14.8. The van der Waals surface area contributed by atoms with E-state index in [0.717, 1.165) is 32.6 Å². The molecule has 0 aliphatic rings. The fourth-order valence-electron chi connectivity index (χ4n) is 2.79. The van der Waals surface area contributed by atoms with E-state index in [0.29, 0.717) is 5.56 Å². The van der Waals surface area contributed by atoms with Crippen LogP contribution in [-0.2, 0) is 0 Å². The van der Waals surface area contributed by atoms with Gasteiger partial charge in [0.05, 0.1) is 17.3 Å². The number of methoxy groups -OCH3 is 1. The van der Waals surface area contributed by atoms with E-state index in [-0.39, 0.29) is 5.82 Å². The zero-order valence-corrected chi connectivity index (χ0v) is 16.4. The van der Waals surface area contributed by atoms with E-state index in [2.05, 4.69) is 53.0 Å². The number of aromatic nitrogens is 1. The summed E-state index contributed by atoms with van der Waals surface area (Å²) in [6.07, 6.45) is 0. The number of nitrogens with zero attached hydrogens (tertiary/aromatic N) is 2. The number of ether oxygens (including phenoxy) is 1. The highest BCUT2D eigenvalue weighted by Crippen LogP contribution is 2.35. The van der Waals surface area contributed by atoms with Crippen LogP contribution in [0.5, 0.6) is 5.75 Å². The summed E-state index contributed by atoms with van der Waals surface area (Å²) < 4.78 is 6.09.